The molecule has 14 heavy (non-hydrogen) atoms. The molecule has 74 valence electrons. The summed E-state index contributed by atoms with van der Waals surface area (Å²) in [6, 6.07) is 5.55. The van der Waals surface area contributed by atoms with Crippen LogP contribution >= 0.6 is 0 Å². The molecule has 0 saturated heterocycles. The molecule has 0 unspecified atom stereocenters. The Morgan fingerprint density at radius 2 is 2.07 bits per heavy atom. The van der Waals surface area contributed by atoms with E-state index in [-0.39, 0.29) is 5.56 Å². The minimum absolute atomic E-state index is 0.00963. The van der Waals surface area contributed by atoms with Crippen molar-refractivity contribution >= 4 is 12.0 Å². The number of hydrogen-bond acceptors (Lipinski definition) is 2. The van der Waals surface area contributed by atoms with Gasteiger partial charge in [0.05, 0.1) is 7.11 Å². The van der Waals surface area contributed by atoms with E-state index in [0.29, 0.717) is 0 Å². The lowest BCUT2D eigenvalue weighted by molar-refractivity contribution is -0.137. The fraction of sp³-hybridized carbons (Fsp3) is 0.100. The molecule has 0 heterocycles. The SMILES string of the molecule is COC(=O)/C(F)=C/c1ccccc1F. The van der Waals surface area contributed by atoms with Gasteiger partial charge >= 0.3 is 5.97 Å². The van der Waals surface area contributed by atoms with Crippen molar-refractivity contribution in [2.45, 2.75) is 0 Å². The van der Waals surface area contributed by atoms with Gasteiger partial charge in [0.2, 0.25) is 5.83 Å². The van der Waals surface area contributed by atoms with Gasteiger partial charge < -0.3 is 4.74 Å². The Balaban J connectivity index is 2.97. The average molecular weight is 198 g/mol. The molecule has 1 aromatic carbocycles. The second-order valence-corrected chi connectivity index (χ2v) is 2.51. The smallest absolute Gasteiger partial charge is 0.366 e. The molecule has 0 aliphatic heterocycles. The van der Waals surface area contributed by atoms with Gasteiger partial charge in [-0.15, -0.1) is 0 Å². The number of rotatable bonds is 2. The van der Waals surface area contributed by atoms with Crippen LogP contribution in [0.1, 0.15) is 5.56 Å². The van der Waals surface area contributed by atoms with Gasteiger partial charge in [0, 0.05) is 5.56 Å². The van der Waals surface area contributed by atoms with Crippen molar-refractivity contribution in [3.63, 3.8) is 0 Å². The molecule has 0 amide bonds. The normalized spacial score (nSPS) is 11.2. The van der Waals surface area contributed by atoms with E-state index in [4.69, 9.17) is 0 Å². The lowest BCUT2D eigenvalue weighted by atomic mass is 10.2. The number of halogens is 2. The second kappa shape index (κ2) is 4.50. The minimum atomic E-state index is -1.13. The van der Waals surface area contributed by atoms with E-state index in [1.807, 2.05) is 0 Å². The summed E-state index contributed by atoms with van der Waals surface area (Å²) in [5, 5.41) is 0. The molecule has 1 aromatic rings. The van der Waals surface area contributed by atoms with Gasteiger partial charge in [-0.05, 0) is 12.1 Å². The Morgan fingerprint density at radius 1 is 1.43 bits per heavy atom. The average Bonchev–Trinajstić information content (AvgIpc) is 2.20. The van der Waals surface area contributed by atoms with Crippen LogP contribution in [0.15, 0.2) is 30.1 Å². The Labute approximate surface area is 79.8 Å². The first-order valence-electron chi connectivity index (χ1n) is 3.85. The molecular weight excluding hydrogens is 190 g/mol. The fourth-order valence-corrected chi connectivity index (χ4v) is 0.885. The van der Waals surface area contributed by atoms with Gasteiger partial charge in [0.25, 0.3) is 0 Å². The third-order valence-electron chi connectivity index (χ3n) is 1.57. The van der Waals surface area contributed by atoms with Gasteiger partial charge in [-0.2, -0.15) is 4.39 Å². The number of methoxy groups -OCH3 is 1. The summed E-state index contributed by atoms with van der Waals surface area (Å²) in [5.74, 6) is -2.84. The van der Waals surface area contributed by atoms with Gasteiger partial charge in [0.15, 0.2) is 0 Å². The van der Waals surface area contributed by atoms with Crippen LogP contribution in [0.2, 0.25) is 0 Å². The van der Waals surface area contributed by atoms with E-state index >= 15 is 0 Å². The summed E-state index contributed by atoms with van der Waals surface area (Å²) in [6.45, 7) is 0. The van der Waals surface area contributed by atoms with E-state index in [1.165, 1.54) is 18.2 Å². The van der Waals surface area contributed by atoms with Crippen molar-refractivity contribution in [3.8, 4) is 0 Å². The van der Waals surface area contributed by atoms with E-state index in [0.717, 1.165) is 13.2 Å². The first kappa shape index (κ1) is 10.4. The Bertz CT molecular complexity index is 372. The zero-order valence-electron chi connectivity index (χ0n) is 7.46. The zero-order chi connectivity index (χ0) is 10.6. The van der Waals surface area contributed by atoms with E-state index in [1.54, 1.807) is 6.07 Å². The van der Waals surface area contributed by atoms with E-state index < -0.39 is 17.6 Å². The standard InChI is InChI=1S/C10H8F2O2/c1-14-10(13)9(12)6-7-4-2-3-5-8(7)11/h2-6H,1H3/b9-6-. The second-order valence-electron chi connectivity index (χ2n) is 2.51. The van der Waals surface area contributed by atoms with Crippen molar-refractivity contribution in [3.05, 3.63) is 41.5 Å². The molecule has 0 atom stereocenters. The Hall–Kier alpha value is -1.71. The van der Waals surface area contributed by atoms with Crippen molar-refractivity contribution < 1.29 is 18.3 Å². The number of esters is 1. The molecule has 0 N–H and O–H groups in total. The lowest BCUT2D eigenvalue weighted by Crippen LogP contribution is -2.00. The zero-order valence-corrected chi connectivity index (χ0v) is 7.46. The molecule has 0 saturated carbocycles. The number of carbonyl (C=O) groups excluding carboxylic acids is 1. The van der Waals surface area contributed by atoms with Gasteiger partial charge in [-0.1, -0.05) is 18.2 Å². The fourth-order valence-electron chi connectivity index (χ4n) is 0.885. The summed E-state index contributed by atoms with van der Waals surface area (Å²) in [7, 11) is 1.05. The monoisotopic (exact) mass is 198 g/mol. The molecule has 0 aliphatic carbocycles. The highest BCUT2D eigenvalue weighted by Crippen LogP contribution is 2.12. The maximum Gasteiger partial charge on any atom is 0.366 e. The quantitative estimate of drug-likeness (QED) is 0.538. The number of benzene rings is 1. The first-order chi connectivity index (χ1) is 6.65. The van der Waals surface area contributed by atoms with E-state index in [9.17, 15) is 13.6 Å². The highest BCUT2D eigenvalue weighted by atomic mass is 19.1. The molecule has 2 nitrogen and oxygen atoms in total. The molecule has 0 aliphatic rings. The van der Waals surface area contributed by atoms with Gasteiger partial charge in [-0.3, -0.25) is 0 Å². The van der Waals surface area contributed by atoms with Crippen molar-refractivity contribution in [2.24, 2.45) is 0 Å². The summed E-state index contributed by atoms with van der Waals surface area (Å²) < 4.78 is 30.0. The lowest BCUT2D eigenvalue weighted by Gasteiger charge is -1.97. The minimum Gasteiger partial charge on any atom is -0.464 e. The van der Waals surface area contributed by atoms with Crippen LogP contribution in [-0.4, -0.2) is 13.1 Å². The molecule has 0 fully saturated rings. The predicted octanol–water partition coefficient (Wildman–Crippen LogP) is 2.31. The molecule has 1 rings (SSSR count). The Kier molecular flexibility index (Phi) is 3.34. The summed E-state index contributed by atoms with van der Waals surface area (Å²) >= 11 is 0. The van der Waals surface area contributed by atoms with Crippen LogP contribution in [0.3, 0.4) is 0 Å². The summed E-state index contributed by atoms with van der Waals surface area (Å²) in [6.07, 6.45) is 0.793. The maximum atomic E-state index is 13.0. The molecule has 0 spiro atoms. The van der Waals surface area contributed by atoms with Crippen LogP contribution < -0.4 is 0 Å². The summed E-state index contributed by atoms with van der Waals surface area (Å²) in [4.78, 5) is 10.6. The van der Waals surface area contributed by atoms with Gasteiger partial charge in [0.1, 0.15) is 5.82 Å². The predicted molar refractivity (Wildman–Crippen MR) is 47.5 cm³/mol. The van der Waals surface area contributed by atoms with Crippen molar-refractivity contribution in [1.29, 1.82) is 0 Å². The number of carbonyl (C=O) groups is 1. The molecule has 0 radical (unpaired) electrons. The van der Waals surface area contributed by atoms with Crippen LogP contribution in [0, 0.1) is 5.82 Å². The molecule has 4 heteroatoms. The molecular formula is C10H8F2O2. The number of ether oxygens (including phenoxy) is 1. The largest absolute Gasteiger partial charge is 0.464 e. The highest BCUT2D eigenvalue weighted by Gasteiger charge is 2.09. The van der Waals surface area contributed by atoms with E-state index in [2.05, 4.69) is 4.74 Å². The molecule has 0 bridgehead atoms. The van der Waals surface area contributed by atoms with Crippen molar-refractivity contribution in [1.82, 2.24) is 0 Å². The first-order valence-corrected chi connectivity index (χ1v) is 3.85. The van der Waals surface area contributed by atoms with Crippen molar-refractivity contribution in [2.75, 3.05) is 7.11 Å². The third-order valence-corrected chi connectivity index (χ3v) is 1.57. The highest BCUT2D eigenvalue weighted by molar-refractivity contribution is 5.91. The van der Waals surface area contributed by atoms with Crippen LogP contribution in [0.5, 0.6) is 0 Å². The Morgan fingerprint density at radius 3 is 2.64 bits per heavy atom. The topological polar surface area (TPSA) is 26.3 Å². The van der Waals surface area contributed by atoms with Crippen LogP contribution in [0.4, 0.5) is 8.78 Å². The number of hydrogen-bond donors (Lipinski definition) is 0. The van der Waals surface area contributed by atoms with Crippen LogP contribution in [-0.2, 0) is 9.53 Å². The van der Waals surface area contributed by atoms with Crippen LogP contribution in [0.25, 0.3) is 6.08 Å². The molecule has 0 aromatic heterocycles. The maximum absolute atomic E-state index is 13.0. The summed E-state index contributed by atoms with van der Waals surface area (Å²) in [5.41, 5.74) is 0.00963. The third kappa shape index (κ3) is 2.39. The van der Waals surface area contributed by atoms with Gasteiger partial charge in [-0.25, -0.2) is 9.18 Å².